The highest BCUT2D eigenvalue weighted by atomic mass is 32.1. The van der Waals surface area contributed by atoms with E-state index in [1.54, 1.807) is 11.3 Å². The molecule has 0 atom stereocenters. The van der Waals surface area contributed by atoms with Gasteiger partial charge in [-0.15, -0.1) is 11.3 Å². The van der Waals surface area contributed by atoms with Gasteiger partial charge in [0, 0.05) is 33.8 Å². The van der Waals surface area contributed by atoms with E-state index in [0.717, 1.165) is 27.4 Å². The molecule has 0 aliphatic rings. The van der Waals surface area contributed by atoms with E-state index in [1.807, 2.05) is 44.2 Å². The quantitative estimate of drug-likeness (QED) is 0.796. The number of aryl methyl sites for hydroxylation is 3. The Morgan fingerprint density at radius 2 is 1.77 bits per heavy atom. The van der Waals surface area contributed by atoms with Crippen molar-refractivity contribution >= 4 is 28.7 Å². The lowest BCUT2D eigenvalue weighted by Crippen LogP contribution is -2.13. The zero-order chi connectivity index (χ0) is 16.1. The van der Waals surface area contributed by atoms with Crippen LogP contribution in [0.15, 0.2) is 30.3 Å². The predicted molar refractivity (Wildman–Crippen MR) is 91.8 cm³/mol. The fourth-order valence-electron chi connectivity index (χ4n) is 2.32. The third-order valence-electron chi connectivity index (χ3n) is 3.57. The number of nitrogens with one attached hydrogen (secondary N) is 1. The number of hydrogen-bond acceptors (Lipinski definition) is 3. The van der Waals surface area contributed by atoms with Crippen molar-refractivity contribution in [2.24, 2.45) is 0 Å². The van der Waals surface area contributed by atoms with E-state index < -0.39 is 0 Å². The van der Waals surface area contributed by atoms with Gasteiger partial charge in [0.2, 0.25) is 5.91 Å². The Balaban J connectivity index is 1.87. The van der Waals surface area contributed by atoms with Crippen LogP contribution in [0, 0.1) is 13.8 Å². The molecule has 1 amide bonds. The molecule has 22 heavy (non-hydrogen) atoms. The van der Waals surface area contributed by atoms with Gasteiger partial charge in [0.25, 0.3) is 0 Å². The number of Topliss-reactive ketones (excluding diaryl/α,β-unsaturated/α-hetero) is 1. The summed E-state index contributed by atoms with van der Waals surface area (Å²) in [5.74, 6) is -0.0828. The molecule has 0 fully saturated rings. The fourth-order valence-corrected chi connectivity index (χ4v) is 3.26. The molecule has 4 heteroatoms. The summed E-state index contributed by atoms with van der Waals surface area (Å²) in [6.45, 7) is 6.02. The Morgan fingerprint density at radius 3 is 2.32 bits per heavy atom. The topological polar surface area (TPSA) is 46.2 Å². The van der Waals surface area contributed by atoms with Crippen LogP contribution in [0.5, 0.6) is 0 Å². The van der Waals surface area contributed by atoms with Gasteiger partial charge in [0.15, 0.2) is 5.78 Å². The second kappa shape index (κ2) is 7.36. The number of carbonyl (C=O) groups is 2. The van der Waals surface area contributed by atoms with Crippen LogP contribution in [0.1, 0.15) is 45.4 Å². The lowest BCUT2D eigenvalue weighted by Gasteiger charge is -2.06. The van der Waals surface area contributed by atoms with Crippen molar-refractivity contribution in [2.45, 2.75) is 40.0 Å². The Bertz CT molecular complexity index is 671. The zero-order valence-corrected chi connectivity index (χ0v) is 14.0. The van der Waals surface area contributed by atoms with Gasteiger partial charge in [-0.2, -0.15) is 0 Å². The molecule has 1 aromatic heterocycles. The SMILES string of the molecule is CCc1ccc(NC(=O)CCC(=O)c2cc(C)sc2C)cc1. The first-order chi connectivity index (χ1) is 10.5. The van der Waals surface area contributed by atoms with Crippen LogP contribution >= 0.6 is 11.3 Å². The predicted octanol–water partition coefficient (Wildman–Crippen LogP) is 4.53. The number of ketones is 1. The van der Waals surface area contributed by atoms with E-state index in [9.17, 15) is 9.59 Å². The van der Waals surface area contributed by atoms with E-state index in [0.29, 0.717) is 0 Å². The van der Waals surface area contributed by atoms with E-state index in [4.69, 9.17) is 0 Å². The third-order valence-corrected chi connectivity index (χ3v) is 4.53. The van der Waals surface area contributed by atoms with Gasteiger partial charge in [0.05, 0.1) is 0 Å². The molecule has 1 N–H and O–H groups in total. The highest BCUT2D eigenvalue weighted by molar-refractivity contribution is 7.12. The lowest BCUT2D eigenvalue weighted by molar-refractivity contribution is -0.116. The molecule has 0 spiro atoms. The van der Waals surface area contributed by atoms with Crippen molar-refractivity contribution < 1.29 is 9.59 Å². The number of hydrogen-bond donors (Lipinski definition) is 1. The molecule has 0 saturated carbocycles. The molecule has 0 unspecified atom stereocenters. The van der Waals surface area contributed by atoms with Crippen molar-refractivity contribution in [1.29, 1.82) is 0 Å². The molecule has 0 aliphatic carbocycles. The normalized spacial score (nSPS) is 10.5. The first-order valence-corrected chi connectivity index (χ1v) is 8.30. The summed E-state index contributed by atoms with van der Waals surface area (Å²) in [5, 5.41) is 2.83. The van der Waals surface area contributed by atoms with Gasteiger partial charge >= 0.3 is 0 Å². The molecule has 0 bridgehead atoms. The van der Waals surface area contributed by atoms with Crippen molar-refractivity contribution in [3.63, 3.8) is 0 Å². The molecular weight excluding hydrogens is 294 g/mol. The number of carbonyl (C=O) groups excluding carboxylic acids is 2. The Morgan fingerprint density at radius 1 is 1.09 bits per heavy atom. The molecule has 3 nitrogen and oxygen atoms in total. The molecule has 2 aromatic rings. The van der Waals surface area contributed by atoms with Crippen LogP contribution in [0.4, 0.5) is 5.69 Å². The number of amides is 1. The third kappa shape index (κ3) is 4.28. The molecule has 0 saturated heterocycles. The first-order valence-electron chi connectivity index (χ1n) is 7.48. The average molecular weight is 315 g/mol. The van der Waals surface area contributed by atoms with Gasteiger partial charge in [-0.05, 0) is 44.0 Å². The second-order valence-electron chi connectivity index (χ2n) is 5.35. The number of rotatable bonds is 6. The van der Waals surface area contributed by atoms with Crippen LogP contribution in [0.3, 0.4) is 0 Å². The Labute approximate surface area is 135 Å². The molecule has 1 aromatic carbocycles. The van der Waals surface area contributed by atoms with Crippen molar-refractivity contribution in [2.75, 3.05) is 5.32 Å². The summed E-state index contributed by atoms with van der Waals surface area (Å²) in [5.41, 5.74) is 2.76. The van der Waals surface area contributed by atoms with Crippen LogP contribution in [0.25, 0.3) is 0 Å². The summed E-state index contributed by atoms with van der Waals surface area (Å²) >= 11 is 1.62. The van der Waals surface area contributed by atoms with E-state index in [1.165, 1.54) is 5.56 Å². The van der Waals surface area contributed by atoms with Crippen molar-refractivity contribution in [3.05, 3.63) is 51.2 Å². The standard InChI is InChI=1S/C18H21NO2S/c1-4-14-5-7-15(8-6-14)19-18(21)10-9-17(20)16-11-12(2)22-13(16)3/h5-8,11H,4,9-10H2,1-3H3,(H,19,21). The van der Waals surface area contributed by atoms with Crippen molar-refractivity contribution in [1.82, 2.24) is 0 Å². The van der Waals surface area contributed by atoms with E-state index in [-0.39, 0.29) is 24.5 Å². The highest BCUT2D eigenvalue weighted by Crippen LogP contribution is 2.22. The maximum atomic E-state index is 12.1. The molecule has 0 aliphatic heterocycles. The minimum Gasteiger partial charge on any atom is -0.326 e. The van der Waals surface area contributed by atoms with E-state index >= 15 is 0 Å². The summed E-state index contributed by atoms with van der Waals surface area (Å²) in [7, 11) is 0. The van der Waals surface area contributed by atoms with Crippen LogP contribution in [-0.2, 0) is 11.2 Å². The zero-order valence-electron chi connectivity index (χ0n) is 13.2. The molecule has 2 rings (SSSR count). The largest absolute Gasteiger partial charge is 0.326 e. The number of thiophene rings is 1. The summed E-state index contributed by atoms with van der Waals surface area (Å²) in [6.07, 6.45) is 1.43. The smallest absolute Gasteiger partial charge is 0.224 e. The number of anilines is 1. The van der Waals surface area contributed by atoms with Crippen LogP contribution < -0.4 is 5.32 Å². The summed E-state index contributed by atoms with van der Waals surface area (Å²) in [6, 6.07) is 9.69. The highest BCUT2D eigenvalue weighted by Gasteiger charge is 2.13. The van der Waals surface area contributed by atoms with E-state index in [2.05, 4.69) is 12.2 Å². The monoisotopic (exact) mass is 315 g/mol. The maximum absolute atomic E-state index is 12.1. The van der Waals surface area contributed by atoms with Gasteiger partial charge in [-0.3, -0.25) is 9.59 Å². The van der Waals surface area contributed by atoms with Gasteiger partial charge in [-0.1, -0.05) is 19.1 Å². The van der Waals surface area contributed by atoms with Crippen LogP contribution in [-0.4, -0.2) is 11.7 Å². The summed E-state index contributed by atoms with van der Waals surface area (Å²) < 4.78 is 0. The molecular formula is C18H21NO2S. The van der Waals surface area contributed by atoms with Gasteiger partial charge in [-0.25, -0.2) is 0 Å². The lowest BCUT2D eigenvalue weighted by atomic mass is 10.1. The Hall–Kier alpha value is -1.94. The molecule has 0 radical (unpaired) electrons. The fraction of sp³-hybridized carbons (Fsp3) is 0.333. The maximum Gasteiger partial charge on any atom is 0.224 e. The average Bonchev–Trinajstić information content (AvgIpc) is 2.84. The summed E-state index contributed by atoms with van der Waals surface area (Å²) in [4.78, 5) is 26.2. The van der Waals surface area contributed by atoms with Gasteiger partial charge < -0.3 is 5.32 Å². The van der Waals surface area contributed by atoms with Gasteiger partial charge in [0.1, 0.15) is 0 Å². The van der Waals surface area contributed by atoms with Crippen molar-refractivity contribution in [3.8, 4) is 0 Å². The van der Waals surface area contributed by atoms with Crippen LogP contribution in [0.2, 0.25) is 0 Å². The Kier molecular flexibility index (Phi) is 5.50. The molecule has 116 valence electrons. The second-order valence-corrected chi connectivity index (χ2v) is 6.81. The minimum atomic E-state index is -0.123. The molecule has 1 heterocycles. The minimum absolute atomic E-state index is 0.0401. The first kappa shape index (κ1) is 16.4. The number of benzene rings is 1.